The van der Waals surface area contributed by atoms with Crippen molar-refractivity contribution in [2.45, 2.75) is 0 Å². The largest absolute Gasteiger partial charge is 0.497 e. The Morgan fingerprint density at radius 1 is 1.38 bits per heavy atom. The molecule has 1 aromatic rings. The molecule has 5 nitrogen and oxygen atoms in total. The Kier molecular flexibility index (Phi) is 4.33. The smallest absolute Gasteiger partial charge is 0.254 e. The maximum absolute atomic E-state index is 11.4. The van der Waals surface area contributed by atoms with Crippen LogP contribution in [0.1, 0.15) is 0 Å². The maximum Gasteiger partial charge on any atom is 0.254 e. The second kappa shape index (κ2) is 5.53. The summed E-state index contributed by atoms with van der Waals surface area (Å²) in [7, 11) is -2.02. The zero-order valence-corrected chi connectivity index (χ0v) is 9.57. The first-order valence-electron chi connectivity index (χ1n) is 4.51. The van der Waals surface area contributed by atoms with Crippen molar-refractivity contribution in [3.63, 3.8) is 0 Å². The lowest BCUT2D eigenvalue weighted by Gasteiger charge is -2.05. The van der Waals surface area contributed by atoms with Crippen molar-refractivity contribution in [3.05, 3.63) is 35.7 Å². The Hall–Kier alpha value is -1.53. The van der Waals surface area contributed by atoms with E-state index in [1.54, 1.807) is 24.3 Å². The summed E-state index contributed by atoms with van der Waals surface area (Å²) in [4.78, 5) is 0. The van der Waals surface area contributed by atoms with Gasteiger partial charge in [0.25, 0.3) is 10.0 Å². The Labute approximate surface area is 94.4 Å². The summed E-state index contributed by atoms with van der Waals surface area (Å²) in [5.41, 5.74) is 0.434. The van der Waals surface area contributed by atoms with E-state index in [9.17, 15) is 8.42 Å². The van der Waals surface area contributed by atoms with Crippen LogP contribution in [0.5, 0.6) is 5.75 Å². The van der Waals surface area contributed by atoms with Crippen LogP contribution in [0.4, 0.5) is 5.69 Å². The summed E-state index contributed by atoms with van der Waals surface area (Å²) in [5.74, 6) is 0.647. The highest BCUT2D eigenvalue weighted by Crippen LogP contribution is 2.16. The molecular weight excluding hydrogens is 230 g/mol. The standard InChI is InChI=1S/C10H13NO4S/c1-15-10-5-3-9(4-6-10)11-16(13,14)8-2-7-12/h2-6,8,11-12H,7H2,1H3. The molecule has 0 atom stereocenters. The normalized spacial score (nSPS) is 11.6. The Bertz CT molecular complexity index is 450. The fourth-order valence-corrected chi connectivity index (χ4v) is 1.90. The van der Waals surface area contributed by atoms with Gasteiger partial charge in [-0.15, -0.1) is 0 Å². The van der Waals surface area contributed by atoms with E-state index in [1.165, 1.54) is 7.11 Å². The molecule has 16 heavy (non-hydrogen) atoms. The maximum atomic E-state index is 11.4. The van der Waals surface area contributed by atoms with Crippen LogP contribution in [-0.4, -0.2) is 27.2 Å². The predicted molar refractivity (Wildman–Crippen MR) is 61.8 cm³/mol. The fraction of sp³-hybridized carbons (Fsp3) is 0.200. The van der Waals surface area contributed by atoms with Crippen LogP contribution in [0.3, 0.4) is 0 Å². The number of hydrogen-bond acceptors (Lipinski definition) is 4. The van der Waals surface area contributed by atoms with Gasteiger partial charge < -0.3 is 9.84 Å². The van der Waals surface area contributed by atoms with Gasteiger partial charge >= 0.3 is 0 Å². The van der Waals surface area contributed by atoms with Crippen LogP contribution >= 0.6 is 0 Å². The lowest BCUT2D eigenvalue weighted by molar-refractivity contribution is 0.343. The quantitative estimate of drug-likeness (QED) is 0.807. The molecular formula is C10H13NO4S. The number of ether oxygens (including phenoxy) is 1. The first-order valence-corrected chi connectivity index (χ1v) is 6.06. The highest BCUT2D eigenvalue weighted by molar-refractivity contribution is 7.95. The Morgan fingerprint density at radius 2 is 2.00 bits per heavy atom. The summed E-state index contributed by atoms with van der Waals surface area (Å²) >= 11 is 0. The van der Waals surface area contributed by atoms with Gasteiger partial charge in [0.1, 0.15) is 5.75 Å². The average Bonchev–Trinajstić information content (AvgIpc) is 2.27. The average molecular weight is 243 g/mol. The number of aliphatic hydroxyl groups is 1. The predicted octanol–water partition coefficient (Wildman–Crippen LogP) is 0.943. The molecule has 0 unspecified atom stereocenters. The molecule has 0 spiro atoms. The van der Waals surface area contributed by atoms with Crippen LogP contribution in [0.15, 0.2) is 35.7 Å². The second-order valence-corrected chi connectivity index (χ2v) is 4.50. The molecule has 0 fully saturated rings. The molecule has 88 valence electrons. The van der Waals surface area contributed by atoms with E-state index in [4.69, 9.17) is 9.84 Å². The number of anilines is 1. The lowest BCUT2D eigenvalue weighted by Crippen LogP contribution is -2.08. The van der Waals surface area contributed by atoms with Crippen molar-refractivity contribution in [3.8, 4) is 5.75 Å². The topological polar surface area (TPSA) is 75.6 Å². The van der Waals surface area contributed by atoms with Crippen LogP contribution in [0.25, 0.3) is 0 Å². The van der Waals surface area contributed by atoms with Crippen molar-refractivity contribution in [2.75, 3.05) is 18.4 Å². The molecule has 1 rings (SSSR count). The Balaban J connectivity index is 2.76. The summed E-state index contributed by atoms with van der Waals surface area (Å²) in [6, 6.07) is 6.47. The van der Waals surface area contributed by atoms with Gasteiger partial charge in [0.2, 0.25) is 0 Å². The van der Waals surface area contributed by atoms with E-state index in [1.807, 2.05) is 0 Å². The number of sulfonamides is 1. The number of methoxy groups -OCH3 is 1. The molecule has 0 aliphatic carbocycles. The molecule has 0 aromatic heterocycles. The molecule has 2 N–H and O–H groups in total. The van der Waals surface area contributed by atoms with Crippen molar-refractivity contribution in [1.29, 1.82) is 0 Å². The highest BCUT2D eigenvalue weighted by atomic mass is 32.2. The molecule has 0 saturated carbocycles. The molecule has 6 heteroatoms. The van der Waals surface area contributed by atoms with E-state index in [0.717, 1.165) is 11.5 Å². The van der Waals surface area contributed by atoms with Gasteiger partial charge in [-0.1, -0.05) is 0 Å². The number of hydrogen-bond donors (Lipinski definition) is 2. The Morgan fingerprint density at radius 3 is 2.50 bits per heavy atom. The van der Waals surface area contributed by atoms with E-state index >= 15 is 0 Å². The van der Waals surface area contributed by atoms with Gasteiger partial charge in [-0.05, 0) is 30.3 Å². The van der Waals surface area contributed by atoms with Gasteiger partial charge in [-0.2, -0.15) is 0 Å². The van der Waals surface area contributed by atoms with Crippen LogP contribution < -0.4 is 9.46 Å². The third-order valence-corrected chi connectivity index (χ3v) is 2.80. The van der Waals surface area contributed by atoms with Crippen LogP contribution in [-0.2, 0) is 10.0 Å². The number of benzene rings is 1. The summed E-state index contributed by atoms with van der Waals surface area (Å²) in [5, 5.41) is 9.38. The molecule has 0 heterocycles. The number of aliphatic hydroxyl groups excluding tert-OH is 1. The first kappa shape index (κ1) is 12.5. The van der Waals surface area contributed by atoms with Gasteiger partial charge in [0, 0.05) is 11.1 Å². The molecule has 0 radical (unpaired) electrons. The molecule has 0 aliphatic heterocycles. The summed E-state index contributed by atoms with van der Waals surface area (Å²) < 4.78 is 30.0. The minimum atomic E-state index is -3.55. The second-order valence-electron chi connectivity index (χ2n) is 2.93. The van der Waals surface area contributed by atoms with Gasteiger partial charge in [-0.25, -0.2) is 8.42 Å². The van der Waals surface area contributed by atoms with E-state index in [2.05, 4.69) is 4.72 Å². The zero-order valence-electron chi connectivity index (χ0n) is 8.75. The van der Waals surface area contributed by atoms with Crippen LogP contribution in [0.2, 0.25) is 0 Å². The fourth-order valence-electron chi connectivity index (χ4n) is 1.03. The first-order chi connectivity index (χ1) is 7.57. The molecule has 0 aliphatic rings. The third kappa shape index (κ3) is 3.92. The number of nitrogens with one attached hydrogen (secondary N) is 1. The molecule has 1 aromatic carbocycles. The number of rotatable bonds is 5. The third-order valence-electron chi connectivity index (χ3n) is 1.73. The van der Waals surface area contributed by atoms with Crippen molar-refractivity contribution in [2.24, 2.45) is 0 Å². The SMILES string of the molecule is COc1ccc(NS(=O)(=O)C=CCO)cc1. The van der Waals surface area contributed by atoms with E-state index in [-0.39, 0.29) is 6.61 Å². The van der Waals surface area contributed by atoms with Crippen LogP contribution in [0, 0.1) is 0 Å². The van der Waals surface area contributed by atoms with Crippen molar-refractivity contribution >= 4 is 15.7 Å². The van der Waals surface area contributed by atoms with Gasteiger partial charge in [-0.3, -0.25) is 4.72 Å². The summed E-state index contributed by atoms with van der Waals surface area (Å²) in [6.45, 7) is -0.316. The minimum absolute atomic E-state index is 0.316. The lowest BCUT2D eigenvalue weighted by atomic mass is 10.3. The van der Waals surface area contributed by atoms with E-state index in [0.29, 0.717) is 11.4 Å². The minimum Gasteiger partial charge on any atom is -0.497 e. The van der Waals surface area contributed by atoms with Gasteiger partial charge in [0.05, 0.1) is 13.7 Å². The van der Waals surface area contributed by atoms with E-state index < -0.39 is 10.0 Å². The molecule has 0 amide bonds. The highest BCUT2D eigenvalue weighted by Gasteiger charge is 2.04. The monoisotopic (exact) mass is 243 g/mol. The van der Waals surface area contributed by atoms with Crippen molar-refractivity contribution in [1.82, 2.24) is 0 Å². The molecule has 0 saturated heterocycles. The summed E-state index contributed by atoms with van der Waals surface area (Å²) in [6.07, 6.45) is 1.14. The van der Waals surface area contributed by atoms with Crippen molar-refractivity contribution < 1.29 is 18.3 Å². The van der Waals surface area contributed by atoms with Gasteiger partial charge in [0.15, 0.2) is 0 Å². The zero-order chi connectivity index (χ0) is 12.0. The molecule has 0 bridgehead atoms.